The quantitative estimate of drug-likeness (QED) is 0.927. The van der Waals surface area contributed by atoms with E-state index in [1.807, 2.05) is 0 Å². The number of nitrogens with zero attached hydrogens (tertiary/aromatic N) is 1. The van der Waals surface area contributed by atoms with E-state index in [0.717, 1.165) is 23.9 Å². The molecule has 0 spiro atoms. The van der Waals surface area contributed by atoms with Crippen LogP contribution in [-0.2, 0) is 4.79 Å². The normalized spacial score (nSPS) is 20.2. The molecule has 98 valence electrons. The Morgan fingerprint density at radius 3 is 3.00 bits per heavy atom. The smallest absolute Gasteiger partial charge is 0.304 e. The number of aryl methyl sites for hydroxylation is 1. The number of carboxylic acid groups (broad SMARTS) is 1. The van der Waals surface area contributed by atoms with Gasteiger partial charge in [0.1, 0.15) is 0 Å². The van der Waals surface area contributed by atoms with Crippen LogP contribution in [0, 0.1) is 6.92 Å². The Bertz CT molecular complexity index is 447. The van der Waals surface area contributed by atoms with Gasteiger partial charge in [-0.15, -0.1) is 0 Å². The second-order valence-electron chi connectivity index (χ2n) is 4.85. The molecule has 2 rings (SSSR count). The average Bonchev–Trinajstić information content (AvgIpc) is 2.78. The van der Waals surface area contributed by atoms with Gasteiger partial charge >= 0.3 is 5.97 Å². The Morgan fingerprint density at radius 2 is 2.33 bits per heavy atom. The van der Waals surface area contributed by atoms with Crippen LogP contribution in [0.15, 0.2) is 22.7 Å². The second-order valence-corrected chi connectivity index (χ2v) is 5.70. The van der Waals surface area contributed by atoms with E-state index in [4.69, 9.17) is 5.11 Å². The standard InChI is InChI=1S/C14H18BrNO2/c1-10-9-11(4-5-12(10)15)13-3-2-7-16(13)8-6-14(17)18/h4-5,9,13H,2-3,6-8H2,1H3,(H,17,18). The summed E-state index contributed by atoms with van der Waals surface area (Å²) in [6.45, 7) is 3.74. The summed E-state index contributed by atoms with van der Waals surface area (Å²) >= 11 is 3.51. The summed E-state index contributed by atoms with van der Waals surface area (Å²) in [6.07, 6.45) is 2.51. The van der Waals surface area contributed by atoms with Crippen LogP contribution in [0.2, 0.25) is 0 Å². The lowest BCUT2D eigenvalue weighted by molar-refractivity contribution is -0.137. The maximum Gasteiger partial charge on any atom is 0.304 e. The summed E-state index contributed by atoms with van der Waals surface area (Å²) in [5.74, 6) is -0.715. The van der Waals surface area contributed by atoms with Crippen molar-refractivity contribution in [2.24, 2.45) is 0 Å². The van der Waals surface area contributed by atoms with Gasteiger partial charge in [0.05, 0.1) is 6.42 Å². The Labute approximate surface area is 116 Å². The molecular weight excluding hydrogens is 294 g/mol. The third-order valence-corrected chi connectivity index (χ3v) is 4.43. The molecule has 4 heteroatoms. The maximum absolute atomic E-state index is 10.7. The molecule has 1 aliphatic heterocycles. The number of likely N-dealkylation sites (tertiary alicyclic amines) is 1. The van der Waals surface area contributed by atoms with Gasteiger partial charge in [0.2, 0.25) is 0 Å². The van der Waals surface area contributed by atoms with E-state index in [9.17, 15) is 4.79 Å². The van der Waals surface area contributed by atoms with E-state index in [1.54, 1.807) is 0 Å². The largest absolute Gasteiger partial charge is 0.481 e. The molecule has 1 aliphatic rings. The van der Waals surface area contributed by atoms with Gasteiger partial charge in [0, 0.05) is 17.1 Å². The Balaban J connectivity index is 2.10. The van der Waals surface area contributed by atoms with Crippen LogP contribution >= 0.6 is 15.9 Å². The van der Waals surface area contributed by atoms with E-state index in [-0.39, 0.29) is 6.42 Å². The highest BCUT2D eigenvalue weighted by atomic mass is 79.9. The number of halogens is 1. The number of hydrogen-bond acceptors (Lipinski definition) is 2. The van der Waals surface area contributed by atoms with Crippen molar-refractivity contribution in [3.05, 3.63) is 33.8 Å². The van der Waals surface area contributed by atoms with Crippen molar-refractivity contribution in [3.8, 4) is 0 Å². The maximum atomic E-state index is 10.7. The fraction of sp³-hybridized carbons (Fsp3) is 0.500. The topological polar surface area (TPSA) is 40.5 Å². The molecule has 1 atom stereocenters. The first kappa shape index (κ1) is 13.6. The minimum absolute atomic E-state index is 0.228. The fourth-order valence-corrected chi connectivity index (χ4v) is 2.83. The first-order valence-corrected chi connectivity index (χ1v) is 7.09. The number of aliphatic carboxylic acids is 1. The molecule has 0 radical (unpaired) electrons. The zero-order valence-electron chi connectivity index (χ0n) is 10.5. The summed E-state index contributed by atoms with van der Waals surface area (Å²) in [7, 11) is 0. The minimum Gasteiger partial charge on any atom is -0.481 e. The van der Waals surface area contributed by atoms with Crippen LogP contribution < -0.4 is 0 Å². The number of carboxylic acids is 1. The molecule has 1 aromatic carbocycles. The monoisotopic (exact) mass is 311 g/mol. The van der Waals surface area contributed by atoms with Crippen molar-refractivity contribution in [2.75, 3.05) is 13.1 Å². The lowest BCUT2D eigenvalue weighted by Crippen LogP contribution is -2.26. The number of rotatable bonds is 4. The third kappa shape index (κ3) is 3.12. The van der Waals surface area contributed by atoms with E-state index in [1.165, 1.54) is 11.1 Å². The van der Waals surface area contributed by atoms with Gasteiger partial charge in [-0.2, -0.15) is 0 Å². The third-order valence-electron chi connectivity index (χ3n) is 3.54. The van der Waals surface area contributed by atoms with Crippen molar-refractivity contribution in [1.82, 2.24) is 4.90 Å². The molecule has 0 bridgehead atoms. The molecule has 0 saturated carbocycles. The first-order chi connectivity index (χ1) is 8.58. The molecule has 1 fully saturated rings. The molecule has 1 unspecified atom stereocenters. The highest BCUT2D eigenvalue weighted by Crippen LogP contribution is 2.33. The molecular formula is C14H18BrNO2. The lowest BCUT2D eigenvalue weighted by Gasteiger charge is -2.24. The van der Waals surface area contributed by atoms with Crippen LogP contribution in [-0.4, -0.2) is 29.1 Å². The number of carbonyl (C=O) groups is 1. The molecule has 1 heterocycles. The lowest BCUT2D eigenvalue weighted by atomic mass is 10.0. The van der Waals surface area contributed by atoms with Crippen LogP contribution in [0.4, 0.5) is 0 Å². The molecule has 1 N–H and O–H groups in total. The van der Waals surface area contributed by atoms with Gasteiger partial charge in [0.15, 0.2) is 0 Å². The van der Waals surface area contributed by atoms with Gasteiger partial charge in [-0.05, 0) is 43.5 Å². The molecule has 3 nitrogen and oxygen atoms in total. The summed E-state index contributed by atoms with van der Waals surface area (Å²) < 4.78 is 1.13. The van der Waals surface area contributed by atoms with E-state index in [0.29, 0.717) is 12.6 Å². The Kier molecular flexibility index (Phi) is 4.40. The molecule has 1 saturated heterocycles. The first-order valence-electron chi connectivity index (χ1n) is 6.30. The van der Waals surface area contributed by atoms with Gasteiger partial charge in [-0.25, -0.2) is 0 Å². The van der Waals surface area contributed by atoms with Crippen LogP contribution in [0.25, 0.3) is 0 Å². The summed E-state index contributed by atoms with van der Waals surface area (Å²) in [6, 6.07) is 6.81. The van der Waals surface area contributed by atoms with E-state index >= 15 is 0 Å². The average molecular weight is 312 g/mol. The van der Waals surface area contributed by atoms with Crippen LogP contribution in [0.1, 0.15) is 36.4 Å². The Morgan fingerprint density at radius 1 is 1.56 bits per heavy atom. The highest BCUT2D eigenvalue weighted by molar-refractivity contribution is 9.10. The van der Waals surface area contributed by atoms with Gasteiger partial charge in [0.25, 0.3) is 0 Å². The predicted molar refractivity (Wildman–Crippen MR) is 74.7 cm³/mol. The van der Waals surface area contributed by atoms with E-state index < -0.39 is 5.97 Å². The molecule has 0 aliphatic carbocycles. The number of benzene rings is 1. The van der Waals surface area contributed by atoms with Crippen molar-refractivity contribution < 1.29 is 9.90 Å². The minimum atomic E-state index is -0.715. The zero-order chi connectivity index (χ0) is 13.1. The van der Waals surface area contributed by atoms with Gasteiger partial charge in [-0.3, -0.25) is 9.69 Å². The molecule has 0 amide bonds. The van der Waals surface area contributed by atoms with Crippen molar-refractivity contribution in [1.29, 1.82) is 0 Å². The number of hydrogen-bond donors (Lipinski definition) is 1. The molecule has 0 aromatic heterocycles. The predicted octanol–water partition coefficient (Wildman–Crippen LogP) is 3.37. The van der Waals surface area contributed by atoms with Crippen molar-refractivity contribution in [2.45, 2.75) is 32.2 Å². The van der Waals surface area contributed by atoms with Crippen LogP contribution in [0.3, 0.4) is 0 Å². The van der Waals surface area contributed by atoms with Crippen LogP contribution in [0.5, 0.6) is 0 Å². The molecule has 18 heavy (non-hydrogen) atoms. The van der Waals surface area contributed by atoms with Gasteiger partial charge < -0.3 is 5.11 Å². The van der Waals surface area contributed by atoms with Gasteiger partial charge in [-0.1, -0.05) is 28.1 Å². The zero-order valence-corrected chi connectivity index (χ0v) is 12.1. The van der Waals surface area contributed by atoms with Crippen molar-refractivity contribution >= 4 is 21.9 Å². The SMILES string of the molecule is Cc1cc(C2CCCN2CCC(=O)O)ccc1Br. The van der Waals surface area contributed by atoms with Crippen molar-refractivity contribution in [3.63, 3.8) is 0 Å². The summed E-state index contributed by atoms with van der Waals surface area (Å²) in [4.78, 5) is 13.0. The second kappa shape index (κ2) is 5.85. The fourth-order valence-electron chi connectivity index (χ4n) is 2.59. The summed E-state index contributed by atoms with van der Waals surface area (Å²) in [5, 5.41) is 8.78. The van der Waals surface area contributed by atoms with E-state index in [2.05, 4.69) is 46.0 Å². The summed E-state index contributed by atoms with van der Waals surface area (Å²) in [5.41, 5.74) is 2.54. The molecule has 1 aromatic rings. The highest BCUT2D eigenvalue weighted by Gasteiger charge is 2.26. The Hall–Kier alpha value is -0.870.